The number of nitrogens with one attached hydrogen (secondary N) is 1. The maximum absolute atomic E-state index is 12.3. The molecule has 2 amide bonds. The molecule has 2 aromatic rings. The number of nitrogens with zero attached hydrogens (tertiary/aromatic N) is 2. The van der Waals surface area contributed by atoms with E-state index in [0.29, 0.717) is 30.2 Å². The van der Waals surface area contributed by atoms with E-state index in [-0.39, 0.29) is 17.9 Å². The summed E-state index contributed by atoms with van der Waals surface area (Å²) >= 11 is 0. The Kier molecular flexibility index (Phi) is 4.23. The highest BCUT2D eigenvalue weighted by molar-refractivity contribution is 5.96. The molecule has 1 fully saturated rings. The Hall–Kier alpha value is -2.89. The molecule has 0 saturated carbocycles. The van der Waals surface area contributed by atoms with Gasteiger partial charge in [-0.15, -0.1) is 0 Å². The van der Waals surface area contributed by atoms with Crippen molar-refractivity contribution in [3.8, 4) is 5.88 Å². The van der Waals surface area contributed by atoms with Gasteiger partial charge < -0.3 is 15.0 Å². The van der Waals surface area contributed by atoms with Crippen molar-refractivity contribution in [3.63, 3.8) is 0 Å². The van der Waals surface area contributed by atoms with Crippen molar-refractivity contribution in [1.29, 1.82) is 0 Å². The number of likely N-dealkylation sites (tertiary alicyclic amines) is 1. The lowest BCUT2D eigenvalue weighted by Crippen LogP contribution is -2.56. The molecule has 1 aliphatic heterocycles. The number of rotatable bonds is 4. The van der Waals surface area contributed by atoms with Gasteiger partial charge in [0, 0.05) is 30.4 Å². The normalized spacial score (nSPS) is 14.0. The molecule has 1 aromatic heterocycles. The van der Waals surface area contributed by atoms with Crippen molar-refractivity contribution >= 4 is 17.5 Å². The molecule has 6 heteroatoms. The molecule has 1 aromatic carbocycles. The van der Waals surface area contributed by atoms with Gasteiger partial charge in [0.1, 0.15) is 6.10 Å². The van der Waals surface area contributed by atoms with Crippen molar-refractivity contribution in [2.75, 3.05) is 18.4 Å². The highest BCUT2D eigenvalue weighted by Crippen LogP contribution is 2.19. The number of benzene rings is 1. The summed E-state index contributed by atoms with van der Waals surface area (Å²) in [5, 5.41) is 2.67. The number of ether oxygens (including phenoxy) is 1. The molecule has 1 N–H and O–H groups in total. The first-order valence-corrected chi connectivity index (χ1v) is 7.36. The third-order valence-corrected chi connectivity index (χ3v) is 3.51. The Morgan fingerprint density at radius 2 is 1.91 bits per heavy atom. The zero-order valence-electron chi connectivity index (χ0n) is 12.7. The van der Waals surface area contributed by atoms with Crippen LogP contribution in [0.5, 0.6) is 5.88 Å². The van der Waals surface area contributed by atoms with E-state index < -0.39 is 0 Å². The molecule has 2 heterocycles. The van der Waals surface area contributed by atoms with Gasteiger partial charge in [0.05, 0.1) is 13.1 Å². The molecule has 0 aliphatic carbocycles. The predicted octanol–water partition coefficient (Wildman–Crippen LogP) is 1.94. The van der Waals surface area contributed by atoms with Crippen LogP contribution in [-0.4, -0.2) is 40.9 Å². The summed E-state index contributed by atoms with van der Waals surface area (Å²) in [6.07, 6.45) is 1.65. The minimum atomic E-state index is -0.138. The largest absolute Gasteiger partial charge is 0.471 e. The summed E-state index contributed by atoms with van der Waals surface area (Å²) in [6.45, 7) is 2.53. The van der Waals surface area contributed by atoms with Crippen LogP contribution in [-0.2, 0) is 4.79 Å². The van der Waals surface area contributed by atoms with Crippen LogP contribution < -0.4 is 10.1 Å². The number of aromatic nitrogens is 1. The molecule has 1 aliphatic rings. The van der Waals surface area contributed by atoms with Crippen molar-refractivity contribution in [1.82, 2.24) is 9.88 Å². The second kappa shape index (κ2) is 6.48. The molecule has 0 unspecified atom stereocenters. The molecule has 118 valence electrons. The Morgan fingerprint density at radius 1 is 1.17 bits per heavy atom. The Bertz CT molecular complexity index is 695. The minimum Gasteiger partial charge on any atom is -0.471 e. The molecule has 0 spiro atoms. The molecule has 0 bridgehead atoms. The molecular weight excluding hydrogens is 294 g/mol. The molecule has 6 nitrogen and oxygen atoms in total. The molecule has 3 rings (SSSR count). The molecule has 23 heavy (non-hydrogen) atoms. The first kappa shape index (κ1) is 15.0. The number of anilines is 1. The van der Waals surface area contributed by atoms with Gasteiger partial charge in [-0.1, -0.05) is 6.07 Å². The smallest absolute Gasteiger partial charge is 0.254 e. The SMILES string of the molecule is CC(=O)Nc1ccc(C(=O)N2CC(Oc3ccccn3)C2)cc1. The summed E-state index contributed by atoms with van der Waals surface area (Å²) in [7, 11) is 0. The van der Waals surface area contributed by atoms with E-state index in [1.165, 1.54) is 6.92 Å². The van der Waals surface area contributed by atoms with Crippen molar-refractivity contribution in [3.05, 3.63) is 54.2 Å². The van der Waals surface area contributed by atoms with Gasteiger partial charge in [-0.05, 0) is 30.3 Å². The Labute approximate surface area is 134 Å². The van der Waals surface area contributed by atoms with Gasteiger partial charge in [0.15, 0.2) is 0 Å². The Morgan fingerprint density at radius 3 is 2.52 bits per heavy atom. The topological polar surface area (TPSA) is 71.5 Å². The van der Waals surface area contributed by atoms with Crippen LogP contribution in [0.3, 0.4) is 0 Å². The molecule has 0 radical (unpaired) electrons. The third-order valence-electron chi connectivity index (χ3n) is 3.51. The number of pyridine rings is 1. The van der Waals surface area contributed by atoms with Crippen LogP contribution in [0.4, 0.5) is 5.69 Å². The molecular formula is C17H17N3O3. The van der Waals surface area contributed by atoms with Gasteiger partial charge in [-0.3, -0.25) is 9.59 Å². The number of carbonyl (C=O) groups is 2. The average Bonchev–Trinajstić information content (AvgIpc) is 2.51. The van der Waals surface area contributed by atoms with Gasteiger partial charge >= 0.3 is 0 Å². The van der Waals surface area contributed by atoms with E-state index in [0.717, 1.165) is 0 Å². The van der Waals surface area contributed by atoms with Crippen LogP contribution in [0.25, 0.3) is 0 Å². The van der Waals surface area contributed by atoms with Crippen LogP contribution in [0.1, 0.15) is 17.3 Å². The highest BCUT2D eigenvalue weighted by atomic mass is 16.5. The molecule has 0 atom stereocenters. The number of hydrogen-bond donors (Lipinski definition) is 1. The van der Waals surface area contributed by atoms with Crippen LogP contribution in [0.15, 0.2) is 48.7 Å². The standard InChI is InChI=1S/C17H17N3O3/c1-12(21)19-14-7-5-13(6-8-14)17(22)20-10-15(11-20)23-16-4-2-3-9-18-16/h2-9,15H,10-11H2,1H3,(H,19,21). The van der Waals surface area contributed by atoms with Crippen molar-refractivity contribution in [2.24, 2.45) is 0 Å². The van der Waals surface area contributed by atoms with Crippen molar-refractivity contribution in [2.45, 2.75) is 13.0 Å². The number of carbonyl (C=O) groups excluding carboxylic acids is 2. The lowest BCUT2D eigenvalue weighted by atomic mass is 10.1. The lowest BCUT2D eigenvalue weighted by molar-refractivity contribution is -0.114. The second-order valence-corrected chi connectivity index (χ2v) is 5.38. The zero-order chi connectivity index (χ0) is 16.2. The predicted molar refractivity (Wildman–Crippen MR) is 85.3 cm³/mol. The van der Waals surface area contributed by atoms with E-state index in [2.05, 4.69) is 10.3 Å². The summed E-state index contributed by atoms with van der Waals surface area (Å²) < 4.78 is 5.68. The first-order valence-electron chi connectivity index (χ1n) is 7.36. The summed E-state index contributed by atoms with van der Waals surface area (Å²) in [4.78, 5) is 29.1. The minimum absolute atomic E-state index is 0.0208. The Balaban J connectivity index is 1.53. The monoisotopic (exact) mass is 311 g/mol. The average molecular weight is 311 g/mol. The fourth-order valence-electron chi connectivity index (χ4n) is 2.35. The summed E-state index contributed by atoms with van der Waals surface area (Å²) in [5.41, 5.74) is 1.27. The van der Waals surface area contributed by atoms with E-state index in [1.54, 1.807) is 41.4 Å². The van der Waals surface area contributed by atoms with Crippen LogP contribution in [0.2, 0.25) is 0 Å². The number of amides is 2. The maximum Gasteiger partial charge on any atom is 0.254 e. The van der Waals surface area contributed by atoms with Crippen LogP contribution in [0, 0.1) is 0 Å². The van der Waals surface area contributed by atoms with Gasteiger partial charge in [-0.2, -0.15) is 0 Å². The second-order valence-electron chi connectivity index (χ2n) is 5.38. The quantitative estimate of drug-likeness (QED) is 0.936. The van der Waals surface area contributed by atoms with E-state index in [4.69, 9.17) is 4.74 Å². The first-order chi connectivity index (χ1) is 11.1. The fourth-order valence-corrected chi connectivity index (χ4v) is 2.35. The van der Waals surface area contributed by atoms with Crippen LogP contribution >= 0.6 is 0 Å². The number of hydrogen-bond acceptors (Lipinski definition) is 4. The van der Waals surface area contributed by atoms with E-state index in [1.807, 2.05) is 12.1 Å². The van der Waals surface area contributed by atoms with E-state index in [9.17, 15) is 9.59 Å². The highest BCUT2D eigenvalue weighted by Gasteiger charge is 2.33. The fraction of sp³-hybridized carbons (Fsp3) is 0.235. The summed E-state index contributed by atoms with van der Waals surface area (Å²) in [5.74, 6) is 0.394. The van der Waals surface area contributed by atoms with Gasteiger partial charge in [0.2, 0.25) is 11.8 Å². The lowest BCUT2D eigenvalue weighted by Gasteiger charge is -2.38. The maximum atomic E-state index is 12.3. The zero-order valence-corrected chi connectivity index (χ0v) is 12.7. The third kappa shape index (κ3) is 3.66. The van der Waals surface area contributed by atoms with Crippen molar-refractivity contribution < 1.29 is 14.3 Å². The molecule has 1 saturated heterocycles. The van der Waals surface area contributed by atoms with Gasteiger partial charge in [-0.25, -0.2) is 4.98 Å². The van der Waals surface area contributed by atoms with Gasteiger partial charge in [0.25, 0.3) is 5.91 Å². The van der Waals surface area contributed by atoms with E-state index >= 15 is 0 Å². The summed E-state index contributed by atoms with van der Waals surface area (Å²) in [6, 6.07) is 12.3.